The third kappa shape index (κ3) is 6.51. The number of nitro benzene ring substituents is 1. The fourth-order valence-corrected chi connectivity index (χ4v) is 6.69. The molecule has 0 atom stereocenters. The summed E-state index contributed by atoms with van der Waals surface area (Å²) in [4.78, 5) is 22.0. The van der Waals surface area contributed by atoms with Crippen LogP contribution < -0.4 is 15.7 Å². The summed E-state index contributed by atoms with van der Waals surface area (Å²) in [5, 5.41) is 11.8. The molecule has 7 nitrogen and oxygen atoms in total. The maximum absolute atomic E-state index is 11.7. The number of hydrogen-bond acceptors (Lipinski definition) is 5. The lowest BCUT2D eigenvalue weighted by molar-refractivity contribution is -0.384. The number of ether oxygens (including phenoxy) is 1. The molecule has 2 aromatic rings. The summed E-state index contributed by atoms with van der Waals surface area (Å²) in [6, 6.07) is 11.2. The number of benzene rings is 2. The molecular formula is C20H26N2O5Si2. The maximum Gasteiger partial charge on any atom is 0.269 e. The van der Waals surface area contributed by atoms with E-state index in [2.05, 4.69) is 33.9 Å². The monoisotopic (exact) mass is 430 g/mol. The minimum Gasteiger partial charge on any atom is -0.489 e. The standard InChI is InChI=1S/C20H26N2O5Si2/c1-20(2,3)28-27-29(4,5)18-12-14(19(21)23)6-7-15(18)13-26-17-10-8-16(9-11-17)22(24)25/h6-12H,13H2,1-5H3,(H2,21,23). The van der Waals surface area contributed by atoms with E-state index >= 15 is 0 Å². The first kappa shape index (κ1) is 22.8. The van der Waals surface area contributed by atoms with Crippen LogP contribution in [-0.4, -0.2) is 28.9 Å². The number of nitrogens with two attached hydrogens (primary N) is 1. The van der Waals surface area contributed by atoms with Gasteiger partial charge in [-0.05, 0) is 53.1 Å². The Bertz CT molecular complexity index is 893. The molecule has 0 heterocycles. The molecule has 0 saturated carbocycles. The van der Waals surface area contributed by atoms with Crippen LogP contribution >= 0.6 is 0 Å². The molecule has 0 aliphatic rings. The van der Waals surface area contributed by atoms with Crippen molar-refractivity contribution >= 4 is 34.9 Å². The predicted octanol–water partition coefficient (Wildman–Crippen LogP) is 3.54. The zero-order valence-corrected chi connectivity index (χ0v) is 19.3. The van der Waals surface area contributed by atoms with Crippen LogP contribution in [0.25, 0.3) is 0 Å². The Hall–Kier alpha value is -2.50. The number of carbonyl (C=O) groups is 1. The molecule has 0 aliphatic carbocycles. The summed E-state index contributed by atoms with van der Waals surface area (Å²) in [6.45, 7) is 10.8. The Morgan fingerprint density at radius 2 is 1.79 bits per heavy atom. The van der Waals surface area contributed by atoms with E-state index in [1.54, 1.807) is 24.3 Å². The van der Waals surface area contributed by atoms with Gasteiger partial charge in [-0.1, -0.05) is 26.8 Å². The Balaban J connectivity index is 2.28. The van der Waals surface area contributed by atoms with E-state index in [1.165, 1.54) is 12.1 Å². The minimum atomic E-state index is -2.34. The Morgan fingerprint density at radius 3 is 2.31 bits per heavy atom. The van der Waals surface area contributed by atoms with Gasteiger partial charge < -0.3 is 14.6 Å². The largest absolute Gasteiger partial charge is 0.489 e. The second-order valence-corrected chi connectivity index (χ2v) is 14.3. The van der Waals surface area contributed by atoms with Crippen molar-refractivity contribution in [2.45, 2.75) is 45.5 Å². The van der Waals surface area contributed by atoms with Crippen LogP contribution in [0.3, 0.4) is 0 Å². The van der Waals surface area contributed by atoms with Gasteiger partial charge in [0.1, 0.15) is 12.4 Å². The third-order valence-electron chi connectivity index (χ3n) is 4.10. The van der Waals surface area contributed by atoms with Gasteiger partial charge in [0.2, 0.25) is 24.0 Å². The topological polar surface area (TPSA) is 105 Å². The average Bonchev–Trinajstić information content (AvgIpc) is 2.64. The van der Waals surface area contributed by atoms with Gasteiger partial charge in [-0.15, -0.1) is 0 Å². The van der Waals surface area contributed by atoms with Crippen molar-refractivity contribution in [3.63, 3.8) is 0 Å². The highest BCUT2D eigenvalue weighted by atomic mass is 28.4. The van der Waals surface area contributed by atoms with E-state index < -0.39 is 19.1 Å². The van der Waals surface area contributed by atoms with Crippen molar-refractivity contribution in [2.24, 2.45) is 5.73 Å². The van der Waals surface area contributed by atoms with E-state index in [4.69, 9.17) is 14.6 Å². The van der Waals surface area contributed by atoms with Crippen LogP contribution in [0.4, 0.5) is 5.69 Å². The Kier molecular flexibility index (Phi) is 6.99. The van der Waals surface area contributed by atoms with Gasteiger partial charge in [0.25, 0.3) is 5.69 Å². The molecule has 2 N–H and O–H groups in total. The van der Waals surface area contributed by atoms with Gasteiger partial charge >= 0.3 is 0 Å². The Morgan fingerprint density at radius 1 is 1.17 bits per heavy atom. The number of nitro groups is 1. The lowest BCUT2D eigenvalue weighted by atomic mass is 10.1. The van der Waals surface area contributed by atoms with Crippen LogP contribution in [0.5, 0.6) is 5.75 Å². The predicted molar refractivity (Wildman–Crippen MR) is 116 cm³/mol. The molecule has 154 valence electrons. The maximum atomic E-state index is 11.7. The first-order valence-corrected chi connectivity index (χ1v) is 13.0. The second kappa shape index (κ2) is 8.89. The number of nitrogens with zero attached hydrogens (tertiary/aromatic N) is 1. The molecule has 0 saturated heterocycles. The van der Waals surface area contributed by atoms with Crippen LogP contribution in [0.15, 0.2) is 42.5 Å². The van der Waals surface area contributed by atoms with E-state index in [9.17, 15) is 14.9 Å². The summed E-state index contributed by atoms with van der Waals surface area (Å²) in [7, 11) is -2.02. The molecule has 0 spiro atoms. The van der Waals surface area contributed by atoms with Crippen molar-refractivity contribution in [1.82, 2.24) is 0 Å². The smallest absolute Gasteiger partial charge is 0.269 e. The van der Waals surface area contributed by atoms with Crippen molar-refractivity contribution in [1.29, 1.82) is 0 Å². The molecule has 2 radical (unpaired) electrons. The van der Waals surface area contributed by atoms with Gasteiger partial charge in [0, 0.05) is 17.7 Å². The van der Waals surface area contributed by atoms with E-state index in [0.717, 1.165) is 10.8 Å². The minimum absolute atomic E-state index is 0.00830. The summed E-state index contributed by atoms with van der Waals surface area (Å²) in [5.41, 5.74) is 6.82. The van der Waals surface area contributed by atoms with Crippen molar-refractivity contribution in [3.8, 4) is 5.75 Å². The van der Waals surface area contributed by atoms with Gasteiger partial charge in [-0.2, -0.15) is 0 Å². The lowest BCUT2D eigenvalue weighted by Crippen LogP contribution is -2.49. The molecule has 2 rings (SSSR count). The van der Waals surface area contributed by atoms with Crippen LogP contribution in [0.1, 0.15) is 36.7 Å². The number of primary amides is 1. The lowest BCUT2D eigenvalue weighted by Gasteiger charge is -2.29. The summed E-state index contributed by atoms with van der Waals surface area (Å²) < 4.78 is 12.2. The van der Waals surface area contributed by atoms with Crippen LogP contribution in [-0.2, 0) is 10.7 Å². The van der Waals surface area contributed by atoms with E-state index in [0.29, 0.717) is 21.1 Å². The molecule has 9 heteroatoms. The highest BCUT2D eigenvalue weighted by Gasteiger charge is 2.31. The first-order valence-electron chi connectivity index (χ1n) is 9.15. The number of rotatable bonds is 8. The summed E-state index contributed by atoms with van der Waals surface area (Å²) in [6.07, 6.45) is 0. The van der Waals surface area contributed by atoms with Gasteiger partial charge in [0.05, 0.1) is 4.92 Å². The average molecular weight is 431 g/mol. The van der Waals surface area contributed by atoms with E-state index in [-0.39, 0.29) is 17.3 Å². The SMILES string of the molecule is CC(C)(C)[Si]O[Si](C)(C)c1cc(C(N)=O)ccc1COc1ccc([N+](=O)[O-])cc1. The first-order chi connectivity index (χ1) is 13.4. The van der Waals surface area contributed by atoms with Crippen LogP contribution in [0.2, 0.25) is 18.1 Å². The van der Waals surface area contributed by atoms with Crippen molar-refractivity contribution in [2.75, 3.05) is 0 Å². The van der Waals surface area contributed by atoms with Gasteiger partial charge in [0.15, 0.2) is 0 Å². The van der Waals surface area contributed by atoms with Gasteiger partial charge in [-0.3, -0.25) is 14.9 Å². The zero-order valence-electron chi connectivity index (χ0n) is 17.3. The number of amides is 1. The molecular weight excluding hydrogens is 404 g/mol. The molecule has 1 amide bonds. The fraction of sp³-hybridized carbons (Fsp3) is 0.350. The third-order valence-corrected chi connectivity index (χ3v) is 8.92. The van der Waals surface area contributed by atoms with Crippen molar-refractivity contribution < 1.29 is 18.6 Å². The second-order valence-electron chi connectivity index (χ2n) is 8.24. The number of carbonyl (C=O) groups excluding carboxylic acids is 1. The molecule has 0 aromatic heterocycles. The normalized spacial score (nSPS) is 11.9. The Labute approximate surface area is 174 Å². The van der Waals surface area contributed by atoms with E-state index in [1.807, 2.05) is 6.07 Å². The highest BCUT2D eigenvalue weighted by Crippen LogP contribution is 2.23. The van der Waals surface area contributed by atoms with Crippen LogP contribution in [0, 0.1) is 10.1 Å². The molecule has 0 bridgehead atoms. The zero-order chi connectivity index (χ0) is 21.8. The summed E-state index contributed by atoms with van der Waals surface area (Å²) in [5.74, 6) is 0.0367. The quantitative estimate of drug-likeness (QED) is 0.392. The molecule has 2 aromatic carbocycles. The number of non-ortho nitro benzene ring substituents is 1. The van der Waals surface area contributed by atoms with Crippen molar-refractivity contribution in [3.05, 3.63) is 63.7 Å². The summed E-state index contributed by atoms with van der Waals surface area (Å²) >= 11 is 0. The molecule has 29 heavy (non-hydrogen) atoms. The molecule has 0 aliphatic heterocycles. The highest BCUT2D eigenvalue weighted by molar-refractivity contribution is 6.87. The molecule has 0 unspecified atom stereocenters. The van der Waals surface area contributed by atoms with Gasteiger partial charge in [-0.25, -0.2) is 0 Å². The number of hydrogen-bond donors (Lipinski definition) is 1. The fourth-order valence-electron chi connectivity index (χ4n) is 2.58. The molecule has 0 fully saturated rings.